The fraction of sp³-hybridized carbons (Fsp3) is 0.407. The normalized spacial score (nSPS) is 13.5. The Bertz CT molecular complexity index is 1360. The van der Waals surface area contributed by atoms with E-state index in [0.29, 0.717) is 17.6 Å². The summed E-state index contributed by atoms with van der Waals surface area (Å²) in [5.41, 5.74) is 2.24. The molecule has 0 aliphatic carbocycles. The largest absolute Gasteiger partial charge is 0.425 e. The van der Waals surface area contributed by atoms with Gasteiger partial charge in [0, 0.05) is 17.0 Å². The summed E-state index contributed by atoms with van der Waals surface area (Å²) < 4.78 is 39.6. The topological polar surface area (TPSA) is 103 Å². The summed E-state index contributed by atoms with van der Waals surface area (Å²) in [6.45, 7) is 9.32. The number of nitrogens with one attached hydrogen (secondary N) is 1. The average molecular weight is 500 g/mol. The molecular weight excluding hydrogens is 466 g/mol. The number of unbranched alkanes of at least 4 members (excludes halogenated alkanes) is 1. The summed E-state index contributed by atoms with van der Waals surface area (Å²) in [5.74, 6) is -0.815. The molecule has 0 unspecified atom stereocenters. The quantitative estimate of drug-likeness (QED) is 0.238. The van der Waals surface area contributed by atoms with Crippen LogP contribution in [-0.4, -0.2) is 20.4 Å². The predicted molar refractivity (Wildman–Crippen MR) is 136 cm³/mol. The van der Waals surface area contributed by atoms with Crippen molar-refractivity contribution in [2.75, 3.05) is 0 Å². The van der Waals surface area contributed by atoms with E-state index in [1.165, 1.54) is 18.2 Å². The Morgan fingerprint density at radius 2 is 1.77 bits per heavy atom. The minimum absolute atomic E-state index is 0.0764. The molecule has 1 heterocycles. The lowest BCUT2D eigenvalue weighted by molar-refractivity contribution is -0.137. The molecule has 0 spiro atoms. The van der Waals surface area contributed by atoms with Gasteiger partial charge in [0.25, 0.3) is 0 Å². The van der Waals surface area contributed by atoms with E-state index in [4.69, 9.17) is 9.15 Å². The van der Waals surface area contributed by atoms with Crippen molar-refractivity contribution in [3.8, 4) is 5.75 Å². The van der Waals surface area contributed by atoms with Gasteiger partial charge in [0.05, 0.1) is 4.90 Å². The summed E-state index contributed by atoms with van der Waals surface area (Å²) in [6, 6.07) is 10.2. The number of sulfonamides is 1. The molecule has 0 saturated heterocycles. The fourth-order valence-corrected chi connectivity index (χ4v) is 5.14. The van der Waals surface area contributed by atoms with Gasteiger partial charge in [0.2, 0.25) is 10.0 Å². The summed E-state index contributed by atoms with van der Waals surface area (Å²) in [7, 11) is -3.94. The van der Waals surface area contributed by atoms with E-state index in [1.807, 2.05) is 13.8 Å². The highest BCUT2D eigenvalue weighted by atomic mass is 32.2. The second kappa shape index (κ2) is 11.2. The van der Waals surface area contributed by atoms with Crippen LogP contribution < -0.4 is 15.1 Å². The molecule has 8 heteroatoms. The SMILES string of the molecule is CCCCc1cc(=O)oc2c(C)c(OC(=O)[C@@H](NS(=O)(=O)c3ccc(C)cc3)[C@H](C)CC)ccc12. The zero-order valence-corrected chi connectivity index (χ0v) is 21.7. The maximum Gasteiger partial charge on any atom is 0.336 e. The zero-order valence-electron chi connectivity index (χ0n) is 20.9. The lowest BCUT2D eigenvalue weighted by Crippen LogP contribution is -2.47. The Morgan fingerprint density at radius 3 is 2.40 bits per heavy atom. The molecule has 2 aromatic carbocycles. The summed E-state index contributed by atoms with van der Waals surface area (Å²) in [5, 5.41) is 0.800. The highest BCUT2D eigenvalue weighted by Crippen LogP contribution is 2.30. The second-order valence-electron chi connectivity index (χ2n) is 8.98. The second-order valence-corrected chi connectivity index (χ2v) is 10.7. The molecule has 0 aliphatic rings. The van der Waals surface area contributed by atoms with Crippen molar-refractivity contribution in [3.05, 3.63) is 69.6 Å². The van der Waals surface area contributed by atoms with Gasteiger partial charge in [0.1, 0.15) is 17.4 Å². The molecule has 0 aliphatic heterocycles. The van der Waals surface area contributed by atoms with Gasteiger partial charge in [-0.15, -0.1) is 0 Å². The Labute approximate surface area is 206 Å². The van der Waals surface area contributed by atoms with Crippen molar-refractivity contribution < 1.29 is 22.4 Å². The number of rotatable bonds is 10. The van der Waals surface area contributed by atoms with Crippen LogP contribution >= 0.6 is 0 Å². The number of fused-ring (bicyclic) bond motifs is 1. The van der Waals surface area contributed by atoms with E-state index in [0.717, 1.165) is 35.8 Å². The highest BCUT2D eigenvalue weighted by Gasteiger charge is 2.32. The molecule has 0 bridgehead atoms. The first kappa shape index (κ1) is 26.6. The number of carbonyl (C=O) groups excluding carboxylic acids is 1. The van der Waals surface area contributed by atoms with Crippen LogP contribution in [0.4, 0.5) is 0 Å². The number of benzene rings is 2. The van der Waals surface area contributed by atoms with Crippen molar-refractivity contribution in [2.45, 2.75) is 71.2 Å². The first-order chi connectivity index (χ1) is 16.6. The molecule has 2 atom stereocenters. The first-order valence-corrected chi connectivity index (χ1v) is 13.4. The van der Waals surface area contributed by atoms with Crippen molar-refractivity contribution >= 4 is 27.0 Å². The minimum atomic E-state index is -3.94. The summed E-state index contributed by atoms with van der Waals surface area (Å²) >= 11 is 0. The standard InChI is InChI=1S/C27H33NO6S/c1-6-8-9-20-16-24(29)34-26-19(5)23(15-14-22(20)26)33-27(30)25(18(4)7-2)28-35(31,32)21-12-10-17(3)11-13-21/h10-16,18,25,28H,6-9H2,1-5H3/t18-,25+/m1/s1. The molecule has 1 N–H and O–H groups in total. The summed E-state index contributed by atoms with van der Waals surface area (Å²) in [6.07, 6.45) is 3.23. The van der Waals surface area contributed by atoms with E-state index in [-0.39, 0.29) is 16.6 Å². The van der Waals surface area contributed by atoms with E-state index in [1.54, 1.807) is 38.1 Å². The lowest BCUT2D eigenvalue weighted by atomic mass is 10.00. The Balaban J connectivity index is 1.92. The van der Waals surface area contributed by atoms with Crippen molar-refractivity contribution in [2.24, 2.45) is 5.92 Å². The third kappa shape index (κ3) is 6.18. The third-order valence-corrected chi connectivity index (χ3v) is 7.74. The molecule has 188 valence electrons. The van der Waals surface area contributed by atoms with Gasteiger partial charge in [0.15, 0.2) is 0 Å². The van der Waals surface area contributed by atoms with Crippen LogP contribution in [0.3, 0.4) is 0 Å². The van der Waals surface area contributed by atoms with Crippen molar-refractivity contribution in [1.29, 1.82) is 0 Å². The maximum absolute atomic E-state index is 13.2. The monoisotopic (exact) mass is 499 g/mol. The molecule has 0 radical (unpaired) electrons. The predicted octanol–water partition coefficient (Wildman–Crippen LogP) is 5.05. The van der Waals surface area contributed by atoms with Crippen molar-refractivity contribution in [3.63, 3.8) is 0 Å². The fourth-order valence-electron chi connectivity index (χ4n) is 3.85. The van der Waals surface area contributed by atoms with Crippen LogP contribution in [0.2, 0.25) is 0 Å². The van der Waals surface area contributed by atoms with Gasteiger partial charge in [-0.05, 0) is 62.4 Å². The smallest absolute Gasteiger partial charge is 0.336 e. The number of aryl methyl sites for hydroxylation is 3. The zero-order chi connectivity index (χ0) is 25.8. The van der Waals surface area contributed by atoms with Gasteiger partial charge in [-0.1, -0.05) is 51.3 Å². The van der Waals surface area contributed by atoms with E-state index in [2.05, 4.69) is 11.6 Å². The molecular formula is C27H33NO6S. The van der Waals surface area contributed by atoms with Crippen LogP contribution in [0.5, 0.6) is 5.75 Å². The Hall–Kier alpha value is -2.97. The van der Waals surface area contributed by atoms with Gasteiger partial charge in [-0.3, -0.25) is 0 Å². The van der Waals surface area contributed by atoms with Crippen LogP contribution in [0.25, 0.3) is 11.0 Å². The average Bonchev–Trinajstić information content (AvgIpc) is 2.82. The van der Waals surface area contributed by atoms with Crippen molar-refractivity contribution in [1.82, 2.24) is 4.72 Å². The maximum atomic E-state index is 13.2. The van der Waals surface area contributed by atoms with Gasteiger partial charge < -0.3 is 9.15 Å². The molecule has 3 rings (SSSR count). The molecule has 0 saturated carbocycles. The molecule has 3 aromatic rings. The van der Waals surface area contributed by atoms with Gasteiger partial charge >= 0.3 is 11.6 Å². The Kier molecular flexibility index (Phi) is 8.51. The Morgan fingerprint density at radius 1 is 1.09 bits per heavy atom. The molecule has 35 heavy (non-hydrogen) atoms. The van der Waals surface area contributed by atoms with E-state index in [9.17, 15) is 18.0 Å². The van der Waals surface area contributed by atoms with Crippen LogP contribution in [0.1, 0.15) is 56.7 Å². The number of ether oxygens (including phenoxy) is 1. The van der Waals surface area contributed by atoms with Gasteiger partial charge in [-0.2, -0.15) is 4.72 Å². The molecule has 1 aromatic heterocycles. The number of hydrogen-bond acceptors (Lipinski definition) is 6. The molecule has 7 nitrogen and oxygen atoms in total. The summed E-state index contributed by atoms with van der Waals surface area (Å²) in [4.78, 5) is 25.4. The number of carbonyl (C=O) groups is 1. The number of hydrogen-bond donors (Lipinski definition) is 1. The lowest BCUT2D eigenvalue weighted by Gasteiger charge is -2.23. The van der Waals surface area contributed by atoms with Crippen LogP contribution in [-0.2, 0) is 21.2 Å². The van der Waals surface area contributed by atoms with Crippen LogP contribution in [0, 0.1) is 19.8 Å². The third-order valence-electron chi connectivity index (χ3n) is 6.29. The molecule has 0 amide bonds. The first-order valence-electron chi connectivity index (χ1n) is 11.9. The van der Waals surface area contributed by atoms with E-state index >= 15 is 0 Å². The van der Waals surface area contributed by atoms with Gasteiger partial charge in [-0.25, -0.2) is 18.0 Å². The van der Waals surface area contributed by atoms with E-state index < -0.39 is 27.7 Å². The minimum Gasteiger partial charge on any atom is -0.425 e. The van der Waals surface area contributed by atoms with Crippen LogP contribution in [0.15, 0.2) is 56.6 Å². The number of esters is 1. The molecule has 0 fully saturated rings. The highest BCUT2D eigenvalue weighted by molar-refractivity contribution is 7.89.